The van der Waals surface area contributed by atoms with Gasteiger partial charge in [0.1, 0.15) is 5.65 Å². The number of fused-ring (bicyclic) bond motifs is 1. The largest absolute Gasteiger partial charge is 0.350 e. The molecule has 4 heteroatoms. The molecule has 1 unspecified atom stereocenters. The summed E-state index contributed by atoms with van der Waals surface area (Å²) in [6, 6.07) is 6.00. The standard InChI is InChI=1S/C14H17N3O/c1-3-11(2)16-14(18)8-7-12-10-15-13-6-4-5-9-17(12)13/h4-11H,3H2,1-2H3,(H,16,18)/b8-7+. The molecule has 0 aliphatic rings. The van der Waals surface area contributed by atoms with E-state index in [1.165, 1.54) is 0 Å². The fourth-order valence-corrected chi connectivity index (χ4v) is 1.63. The Bertz CT molecular complexity index is 571. The molecule has 1 atom stereocenters. The predicted molar refractivity (Wildman–Crippen MR) is 72.1 cm³/mol. The molecule has 2 heterocycles. The maximum Gasteiger partial charge on any atom is 0.244 e. The lowest BCUT2D eigenvalue weighted by Crippen LogP contribution is -2.30. The summed E-state index contributed by atoms with van der Waals surface area (Å²) in [6.07, 6.45) is 7.92. The van der Waals surface area contributed by atoms with Gasteiger partial charge in [0.25, 0.3) is 0 Å². The van der Waals surface area contributed by atoms with Gasteiger partial charge >= 0.3 is 0 Å². The number of carbonyl (C=O) groups excluding carboxylic acids is 1. The van der Waals surface area contributed by atoms with Gasteiger partial charge in [0.15, 0.2) is 0 Å². The average Bonchev–Trinajstić information content (AvgIpc) is 2.79. The molecule has 0 aliphatic heterocycles. The van der Waals surface area contributed by atoms with Crippen LogP contribution in [-0.4, -0.2) is 21.3 Å². The number of nitrogens with one attached hydrogen (secondary N) is 1. The molecule has 4 nitrogen and oxygen atoms in total. The molecule has 0 fully saturated rings. The third kappa shape index (κ3) is 2.77. The summed E-state index contributed by atoms with van der Waals surface area (Å²) >= 11 is 0. The van der Waals surface area contributed by atoms with Crippen LogP contribution in [0, 0.1) is 0 Å². The van der Waals surface area contributed by atoms with Gasteiger partial charge in [-0.05, 0) is 31.6 Å². The summed E-state index contributed by atoms with van der Waals surface area (Å²) in [5.74, 6) is -0.0739. The third-order valence-electron chi connectivity index (χ3n) is 2.85. The highest BCUT2D eigenvalue weighted by atomic mass is 16.1. The summed E-state index contributed by atoms with van der Waals surface area (Å²) in [7, 11) is 0. The highest BCUT2D eigenvalue weighted by Crippen LogP contribution is 2.07. The molecule has 2 aromatic rings. The van der Waals surface area contributed by atoms with Crippen molar-refractivity contribution in [1.82, 2.24) is 14.7 Å². The van der Waals surface area contributed by atoms with Gasteiger partial charge in [0.05, 0.1) is 11.9 Å². The molecule has 1 N–H and O–H groups in total. The lowest BCUT2D eigenvalue weighted by molar-refractivity contribution is -0.117. The molecular weight excluding hydrogens is 226 g/mol. The first-order valence-electron chi connectivity index (χ1n) is 6.11. The van der Waals surface area contributed by atoms with E-state index in [0.717, 1.165) is 17.8 Å². The van der Waals surface area contributed by atoms with Crippen LogP contribution < -0.4 is 5.32 Å². The van der Waals surface area contributed by atoms with Crippen molar-refractivity contribution in [3.8, 4) is 0 Å². The van der Waals surface area contributed by atoms with Gasteiger partial charge in [-0.15, -0.1) is 0 Å². The van der Waals surface area contributed by atoms with Crippen LogP contribution in [0.2, 0.25) is 0 Å². The Balaban J connectivity index is 2.11. The van der Waals surface area contributed by atoms with Gasteiger partial charge in [0, 0.05) is 18.3 Å². The summed E-state index contributed by atoms with van der Waals surface area (Å²) in [6.45, 7) is 4.03. The van der Waals surface area contributed by atoms with E-state index in [0.29, 0.717) is 0 Å². The van der Waals surface area contributed by atoms with Crippen molar-refractivity contribution in [3.63, 3.8) is 0 Å². The first-order chi connectivity index (χ1) is 8.70. The van der Waals surface area contributed by atoms with Crippen LogP contribution in [0.3, 0.4) is 0 Å². The van der Waals surface area contributed by atoms with Gasteiger partial charge in [-0.25, -0.2) is 4.98 Å². The van der Waals surface area contributed by atoms with E-state index in [9.17, 15) is 4.79 Å². The number of nitrogens with zero attached hydrogens (tertiary/aromatic N) is 2. The summed E-state index contributed by atoms with van der Waals surface area (Å²) in [5, 5.41) is 2.88. The number of imidazole rings is 1. The molecule has 2 aromatic heterocycles. The van der Waals surface area contributed by atoms with E-state index >= 15 is 0 Å². The summed E-state index contributed by atoms with van der Waals surface area (Å²) in [4.78, 5) is 15.9. The first-order valence-corrected chi connectivity index (χ1v) is 6.11. The van der Waals surface area contributed by atoms with E-state index in [-0.39, 0.29) is 11.9 Å². The number of aromatic nitrogens is 2. The number of pyridine rings is 1. The second-order valence-corrected chi connectivity index (χ2v) is 4.26. The molecule has 0 spiro atoms. The van der Waals surface area contributed by atoms with Gasteiger partial charge in [-0.1, -0.05) is 13.0 Å². The van der Waals surface area contributed by atoms with Crippen LogP contribution in [0.4, 0.5) is 0 Å². The number of rotatable bonds is 4. The van der Waals surface area contributed by atoms with Crippen molar-refractivity contribution in [1.29, 1.82) is 0 Å². The van der Waals surface area contributed by atoms with Crippen LogP contribution in [0.5, 0.6) is 0 Å². The molecular formula is C14H17N3O. The van der Waals surface area contributed by atoms with Crippen molar-refractivity contribution in [2.24, 2.45) is 0 Å². The minimum Gasteiger partial charge on any atom is -0.350 e. The van der Waals surface area contributed by atoms with Gasteiger partial charge in [0.2, 0.25) is 5.91 Å². The Labute approximate surface area is 106 Å². The molecule has 1 amide bonds. The third-order valence-corrected chi connectivity index (χ3v) is 2.85. The Kier molecular flexibility index (Phi) is 3.77. The maximum atomic E-state index is 11.6. The lowest BCUT2D eigenvalue weighted by atomic mass is 10.2. The Morgan fingerprint density at radius 1 is 1.56 bits per heavy atom. The summed E-state index contributed by atoms with van der Waals surface area (Å²) in [5.41, 5.74) is 1.77. The molecule has 0 radical (unpaired) electrons. The van der Waals surface area contributed by atoms with E-state index in [1.54, 1.807) is 18.3 Å². The fraction of sp³-hybridized carbons (Fsp3) is 0.286. The molecule has 18 heavy (non-hydrogen) atoms. The van der Waals surface area contributed by atoms with E-state index in [1.807, 2.05) is 42.6 Å². The topological polar surface area (TPSA) is 46.4 Å². The summed E-state index contributed by atoms with van der Waals surface area (Å²) < 4.78 is 1.94. The highest BCUT2D eigenvalue weighted by molar-refractivity contribution is 5.91. The number of carbonyl (C=O) groups is 1. The number of amides is 1. The van der Waals surface area contributed by atoms with Crippen molar-refractivity contribution in [3.05, 3.63) is 42.4 Å². The second-order valence-electron chi connectivity index (χ2n) is 4.26. The number of hydrogen-bond donors (Lipinski definition) is 1. The predicted octanol–water partition coefficient (Wildman–Crippen LogP) is 2.26. The van der Waals surface area contributed by atoms with Crippen LogP contribution in [-0.2, 0) is 4.79 Å². The minimum absolute atomic E-state index is 0.0739. The SMILES string of the molecule is CCC(C)NC(=O)/C=C/c1cnc2ccccn12. The smallest absolute Gasteiger partial charge is 0.244 e. The molecule has 0 saturated carbocycles. The fourth-order valence-electron chi connectivity index (χ4n) is 1.63. The molecule has 0 saturated heterocycles. The van der Waals surface area contributed by atoms with Crippen LogP contribution in [0.15, 0.2) is 36.7 Å². The van der Waals surface area contributed by atoms with Crippen LogP contribution in [0.1, 0.15) is 26.0 Å². The molecule has 0 aromatic carbocycles. The zero-order chi connectivity index (χ0) is 13.0. The van der Waals surface area contributed by atoms with E-state index in [2.05, 4.69) is 10.3 Å². The van der Waals surface area contributed by atoms with Gasteiger partial charge < -0.3 is 9.72 Å². The molecule has 0 aliphatic carbocycles. The van der Waals surface area contributed by atoms with Gasteiger partial charge in [-0.3, -0.25) is 4.79 Å². The Hall–Kier alpha value is -2.10. The first kappa shape index (κ1) is 12.4. The highest BCUT2D eigenvalue weighted by Gasteiger charge is 2.02. The number of hydrogen-bond acceptors (Lipinski definition) is 2. The second kappa shape index (κ2) is 5.49. The maximum absolute atomic E-state index is 11.6. The van der Waals surface area contributed by atoms with Crippen molar-refractivity contribution >= 4 is 17.6 Å². The van der Waals surface area contributed by atoms with Crippen molar-refractivity contribution < 1.29 is 4.79 Å². The normalized spacial score (nSPS) is 13.0. The van der Waals surface area contributed by atoms with Crippen molar-refractivity contribution in [2.75, 3.05) is 0 Å². The Morgan fingerprint density at radius 2 is 2.39 bits per heavy atom. The van der Waals surface area contributed by atoms with Crippen molar-refractivity contribution in [2.45, 2.75) is 26.3 Å². The van der Waals surface area contributed by atoms with E-state index in [4.69, 9.17) is 0 Å². The molecule has 0 bridgehead atoms. The Morgan fingerprint density at radius 3 is 3.17 bits per heavy atom. The van der Waals surface area contributed by atoms with E-state index < -0.39 is 0 Å². The quantitative estimate of drug-likeness (QED) is 0.837. The molecule has 94 valence electrons. The van der Waals surface area contributed by atoms with Crippen LogP contribution in [0.25, 0.3) is 11.7 Å². The minimum atomic E-state index is -0.0739. The lowest BCUT2D eigenvalue weighted by Gasteiger charge is -2.08. The zero-order valence-electron chi connectivity index (χ0n) is 10.6. The van der Waals surface area contributed by atoms with Crippen LogP contribution >= 0.6 is 0 Å². The monoisotopic (exact) mass is 243 g/mol. The average molecular weight is 243 g/mol. The zero-order valence-corrected chi connectivity index (χ0v) is 10.6. The van der Waals surface area contributed by atoms with Gasteiger partial charge in [-0.2, -0.15) is 0 Å². The molecule has 2 rings (SSSR count).